The van der Waals surface area contributed by atoms with Gasteiger partial charge in [0.1, 0.15) is 0 Å². The maximum absolute atomic E-state index is 11.5. The Hall–Kier alpha value is -0.570. The second-order valence-corrected chi connectivity index (χ2v) is 3.74. The van der Waals surface area contributed by atoms with Gasteiger partial charge in [0.05, 0.1) is 5.92 Å². The van der Waals surface area contributed by atoms with Crippen LogP contribution in [0.15, 0.2) is 0 Å². The third kappa shape index (κ3) is 2.99. The number of hydrogen-bond acceptors (Lipinski definition) is 2. The smallest absolute Gasteiger partial charge is 0.224 e. The van der Waals surface area contributed by atoms with Crippen LogP contribution < -0.4 is 10.6 Å². The van der Waals surface area contributed by atoms with E-state index in [1.165, 1.54) is 12.8 Å². The molecule has 3 heteroatoms. The molecular weight excluding hydrogens is 164 g/mol. The van der Waals surface area contributed by atoms with Gasteiger partial charge >= 0.3 is 0 Å². The zero-order valence-corrected chi connectivity index (χ0v) is 8.60. The van der Waals surface area contributed by atoms with E-state index < -0.39 is 0 Å². The molecule has 1 amide bonds. The Kier molecular flexibility index (Phi) is 4.22. The second kappa shape index (κ2) is 5.22. The van der Waals surface area contributed by atoms with Crippen molar-refractivity contribution in [2.45, 2.75) is 39.2 Å². The molecule has 1 aliphatic rings. The molecule has 0 aromatic heterocycles. The number of hydrogen-bond donors (Lipinski definition) is 2. The maximum atomic E-state index is 11.5. The van der Waals surface area contributed by atoms with Gasteiger partial charge < -0.3 is 10.6 Å². The monoisotopic (exact) mass is 184 g/mol. The Labute approximate surface area is 80.3 Å². The molecule has 13 heavy (non-hydrogen) atoms. The minimum Gasteiger partial charge on any atom is -0.356 e. The number of carbonyl (C=O) groups is 1. The lowest BCUT2D eigenvalue weighted by Crippen LogP contribution is -2.45. The van der Waals surface area contributed by atoms with Crippen LogP contribution in [0.25, 0.3) is 0 Å². The fraction of sp³-hybridized carbons (Fsp3) is 0.900. The quantitative estimate of drug-likeness (QED) is 0.684. The van der Waals surface area contributed by atoms with Crippen molar-refractivity contribution in [3.63, 3.8) is 0 Å². The van der Waals surface area contributed by atoms with Crippen LogP contribution in [0.1, 0.15) is 33.1 Å². The van der Waals surface area contributed by atoms with Crippen LogP contribution in [-0.4, -0.2) is 25.0 Å². The predicted molar refractivity (Wildman–Crippen MR) is 53.5 cm³/mol. The molecule has 1 aliphatic heterocycles. The molecule has 2 atom stereocenters. The molecule has 2 N–H and O–H groups in total. The third-order valence-electron chi connectivity index (χ3n) is 2.72. The van der Waals surface area contributed by atoms with Crippen LogP contribution in [0.4, 0.5) is 0 Å². The van der Waals surface area contributed by atoms with Gasteiger partial charge in [-0.3, -0.25) is 4.79 Å². The van der Waals surface area contributed by atoms with Crippen molar-refractivity contribution in [2.24, 2.45) is 5.92 Å². The molecule has 1 heterocycles. The Balaban J connectivity index is 2.35. The van der Waals surface area contributed by atoms with E-state index in [-0.39, 0.29) is 11.8 Å². The average molecular weight is 184 g/mol. The van der Waals surface area contributed by atoms with Gasteiger partial charge in [-0.25, -0.2) is 0 Å². The standard InChI is InChI=1S/C10H20N2O/c1-3-11-10(13)8(2)9-6-4-5-7-12-9/h8-9,12H,3-7H2,1-2H3,(H,11,13). The number of carbonyl (C=O) groups excluding carboxylic acids is 1. The number of nitrogens with one attached hydrogen (secondary N) is 2. The lowest BCUT2D eigenvalue weighted by molar-refractivity contribution is -0.125. The Morgan fingerprint density at radius 1 is 1.62 bits per heavy atom. The predicted octanol–water partition coefficient (Wildman–Crippen LogP) is 0.901. The zero-order valence-electron chi connectivity index (χ0n) is 8.60. The highest BCUT2D eigenvalue weighted by molar-refractivity contribution is 5.78. The lowest BCUT2D eigenvalue weighted by atomic mass is 9.93. The molecule has 0 spiro atoms. The van der Waals surface area contributed by atoms with Crippen molar-refractivity contribution in [2.75, 3.05) is 13.1 Å². The summed E-state index contributed by atoms with van der Waals surface area (Å²) in [5.41, 5.74) is 0. The molecule has 76 valence electrons. The fourth-order valence-corrected chi connectivity index (χ4v) is 1.82. The summed E-state index contributed by atoms with van der Waals surface area (Å²) < 4.78 is 0. The van der Waals surface area contributed by atoms with E-state index in [1.54, 1.807) is 0 Å². The van der Waals surface area contributed by atoms with Gasteiger partial charge in [0, 0.05) is 12.6 Å². The third-order valence-corrected chi connectivity index (χ3v) is 2.72. The number of amides is 1. The lowest BCUT2D eigenvalue weighted by Gasteiger charge is -2.28. The van der Waals surface area contributed by atoms with Gasteiger partial charge in [0.25, 0.3) is 0 Å². The van der Waals surface area contributed by atoms with E-state index in [0.717, 1.165) is 19.5 Å². The van der Waals surface area contributed by atoms with Crippen LogP contribution in [0.3, 0.4) is 0 Å². The minimum absolute atomic E-state index is 0.111. The summed E-state index contributed by atoms with van der Waals surface area (Å²) in [7, 11) is 0. The summed E-state index contributed by atoms with van der Waals surface area (Å²) in [6, 6.07) is 0.389. The van der Waals surface area contributed by atoms with Crippen molar-refractivity contribution < 1.29 is 4.79 Å². The van der Waals surface area contributed by atoms with Crippen LogP contribution >= 0.6 is 0 Å². The first kappa shape index (κ1) is 10.5. The highest BCUT2D eigenvalue weighted by Crippen LogP contribution is 2.14. The first-order valence-corrected chi connectivity index (χ1v) is 5.26. The Morgan fingerprint density at radius 2 is 2.38 bits per heavy atom. The molecule has 1 saturated heterocycles. The van der Waals surface area contributed by atoms with Crippen LogP contribution in [0, 0.1) is 5.92 Å². The molecule has 0 bridgehead atoms. The zero-order chi connectivity index (χ0) is 9.68. The first-order chi connectivity index (χ1) is 6.25. The molecule has 3 nitrogen and oxygen atoms in total. The molecule has 2 unspecified atom stereocenters. The summed E-state index contributed by atoms with van der Waals surface area (Å²) in [5, 5.41) is 6.26. The summed E-state index contributed by atoms with van der Waals surface area (Å²) in [5.74, 6) is 0.294. The van der Waals surface area contributed by atoms with Gasteiger partial charge in [-0.15, -0.1) is 0 Å². The van der Waals surface area contributed by atoms with Crippen molar-refractivity contribution in [3.8, 4) is 0 Å². The van der Waals surface area contributed by atoms with Crippen LogP contribution in [0.5, 0.6) is 0 Å². The van der Waals surface area contributed by atoms with Crippen molar-refractivity contribution in [1.82, 2.24) is 10.6 Å². The van der Waals surface area contributed by atoms with Gasteiger partial charge in [0.15, 0.2) is 0 Å². The highest BCUT2D eigenvalue weighted by atomic mass is 16.1. The van der Waals surface area contributed by atoms with E-state index in [1.807, 2.05) is 13.8 Å². The van der Waals surface area contributed by atoms with Crippen LogP contribution in [-0.2, 0) is 4.79 Å². The van der Waals surface area contributed by atoms with Gasteiger partial charge in [-0.1, -0.05) is 13.3 Å². The molecule has 0 saturated carbocycles. The van der Waals surface area contributed by atoms with E-state index >= 15 is 0 Å². The number of piperidine rings is 1. The van der Waals surface area contributed by atoms with E-state index in [4.69, 9.17) is 0 Å². The first-order valence-electron chi connectivity index (χ1n) is 5.26. The average Bonchev–Trinajstić information content (AvgIpc) is 2.18. The van der Waals surface area contributed by atoms with E-state index in [2.05, 4.69) is 10.6 Å². The molecule has 1 rings (SSSR count). The summed E-state index contributed by atoms with van der Waals surface area (Å²) >= 11 is 0. The molecule has 1 fully saturated rings. The van der Waals surface area contributed by atoms with Crippen LogP contribution in [0.2, 0.25) is 0 Å². The molecular formula is C10H20N2O. The maximum Gasteiger partial charge on any atom is 0.224 e. The van der Waals surface area contributed by atoms with Gasteiger partial charge in [0.2, 0.25) is 5.91 Å². The normalized spacial score (nSPS) is 25.2. The van der Waals surface area contributed by atoms with Crippen molar-refractivity contribution in [1.29, 1.82) is 0 Å². The summed E-state index contributed by atoms with van der Waals surface area (Å²) in [6.07, 6.45) is 3.64. The van der Waals surface area contributed by atoms with E-state index in [9.17, 15) is 4.79 Å². The largest absolute Gasteiger partial charge is 0.356 e. The minimum atomic E-state index is 0.111. The Morgan fingerprint density at radius 3 is 2.92 bits per heavy atom. The van der Waals surface area contributed by atoms with Gasteiger partial charge in [-0.2, -0.15) is 0 Å². The van der Waals surface area contributed by atoms with Gasteiger partial charge in [-0.05, 0) is 26.3 Å². The SMILES string of the molecule is CCNC(=O)C(C)C1CCCCN1. The van der Waals surface area contributed by atoms with E-state index in [0.29, 0.717) is 6.04 Å². The molecule has 0 aliphatic carbocycles. The Bertz CT molecular complexity index is 164. The topological polar surface area (TPSA) is 41.1 Å². The number of rotatable bonds is 3. The molecule has 0 aromatic carbocycles. The second-order valence-electron chi connectivity index (χ2n) is 3.74. The van der Waals surface area contributed by atoms with Crippen molar-refractivity contribution in [3.05, 3.63) is 0 Å². The highest BCUT2D eigenvalue weighted by Gasteiger charge is 2.24. The fourth-order valence-electron chi connectivity index (χ4n) is 1.82. The molecule has 0 aromatic rings. The van der Waals surface area contributed by atoms with Crippen molar-refractivity contribution >= 4 is 5.91 Å². The summed E-state index contributed by atoms with van der Waals surface area (Å²) in [4.78, 5) is 11.5. The summed E-state index contributed by atoms with van der Waals surface area (Å²) in [6.45, 7) is 5.76. The molecule has 0 radical (unpaired) electrons.